The maximum Gasteiger partial charge on any atom is 0.335 e. The Morgan fingerprint density at radius 3 is 2.04 bits per heavy atom. The Labute approximate surface area is 143 Å². The standard InChI is InChI=1S/C18H18O7/c19-13-14(20)16(17(22)23)25-18(15(13)21)24-12-8-6-11(7-9-12)10-4-2-1-3-5-10/h1-9,13-16,18-21H,(H,22,23)/t13-,14-,15+,16-,18+/m0/s1. The highest BCUT2D eigenvalue weighted by Gasteiger charge is 2.48. The van der Waals surface area contributed by atoms with Crippen molar-refractivity contribution >= 4 is 5.97 Å². The summed E-state index contributed by atoms with van der Waals surface area (Å²) in [6, 6.07) is 16.6. The molecular weight excluding hydrogens is 328 g/mol. The number of carbonyl (C=O) groups is 1. The molecule has 1 aliphatic heterocycles. The van der Waals surface area contributed by atoms with E-state index in [0.29, 0.717) is 5.75 Å². The first-order chi connectivity index (χ1) is 12.0. The third-order valence-electron chi connectivity index (χ3n) is 4.03. The summed E-state index contributed by atoms with van der Waals surface area (Å²) in [5.41, 5.74) is 1.98. The summed E-state index contributed by atoms with van der Waals surface area (Å²) in [6.07, 6.45) is -8.12. The van der Waals surface area contributed by atoms with Gasteiger partial charge in [0, 0.05) is 0 Å². The molecule has 4 N–H and O–H groups in total. The molecule has 0 aliphatic carbocycles. The van der Waals surface area contributed by atoms with Crippen molar-refractivity contribution in [3.05, 3.63) is 54.6 Å². The van der Waals surface area contributed by atoms with Gasteiger partial charge in [0.2, 0.25) is 6.29 Å². The van der Waals surface area contributed by atoms with Crippen LogP contribution in [0, 0.1) is 0 Å². The summed E-state index contributed by atoms with van der Waals surface area (Å²) in [7, 11) is 0. The maximum absolute atomic E-state index is 11.1. The second-order valence-electron chi connectivity index (χ2n) is 5.74. The van der Waals surface area contributed by atoms with Gasteiger partial charge in [0.15, 0.2) is 6.10 Å². The molecule has 7 nitrogen and oxygen atoms in total. The van der Waals surface area contributed by atoms with Crippen LogP contribution in [0.3, 0.4) is 0 Å². The molecule has 0 aromatic heterocycles. The lowest BCUT2D eigenvalue weighted by atomic mass is 9.99. The summed E-state index contributed by atoms with van der Waals surface area (Å²) in [6.45, 7) is 0. The number of ether oxygens (including phenoxy) is 2. The van der Waals surface area contributed by atoms with E-state index in [0.717, 1.165) is 11.1 Å². The van der Waals surface area contributed by atoms with Gasteiger partial charge >= 0.3 is 5.97 Å². The van der Waals surface area contributed by atoms with Crippen LogP contribution in [0.15, 0.2) is 54.6 Å². The van der Waals surface area contributed by atoms with Crippen LogP contribution >= 0.6 is 0 Å². The van der Waals surface area contributed by atoms with Crippen LogP contribution in [0.5, 0.6) is 5.75 Å². The van der Waals surface area contributed by atoms with E-state index in [4.69, 9.17) is 14.6 Å². The molecule has 0 amide bonds. The first-order valence-corrected chi connectivity index (χ1v) is 7.72. The van der Waals surface area contributed by atoms with Crippen LogP contribution < -0.4 is 4.74 Å². The third kappa shape index (κ3) is 3.64. The lowest BCUT2D eigenvalue weighted by Crippen LogP contribution is -2.61. The third-order valence-corrected chi connectivity index (χ3v) is 4.03. The molecule has 1 heterocycles. The molecule has 7 heteroatoms. The van der Waals surface area contributed by atoms with E-state index in [1.807, 2.05) is 30.3 Å². The maximum atomic E-state index is 11.1. The molecule has 0 bridgehead atoms. The van der Waals surface area contributed by atoms with Gasteiger partial charge in [-0.2, -0.15) is 0 Å². The SMILES string of the molecule is O=C(O)[C@H]1O[C@@H](Oc2ccc(-c3ccccc3)cc2)[C@H](O)[C@@H](O)[C@@H]1O. The number of hydrogen-bond acceptors (Lipinski definition) is 6. The van der Waals surface area contributed by atoms with Gasteiger partial charge in [-0.15, -0.1) is 0 Å². The van der Waals surface area contributed by atoms with E-state index >= 15 is 0 Å². The van der Waals surface area contributed by atoms with Crippen molar-refractivity contribution in [1.29, 1.82) is 0 Å². The molecule has 0 unspecified atom stereocenters. The van der Waals surface area contributed by atoms with Crippen LogP contribution in [0.4, 0.5) is 0 Å². The number of aliphatic hydroxyl groups excluding tert-OH is 3. The fraction of sp³-hybridized carbons (Fsp3) is 0.278. The highest BCUT2D eigenvalue weighted by Crippen LogP contribution is 2.26. The van der Waals surface area contributed by atoms with Gasteiger partial charge in [-0.3, -0.25) is 0 Å². The molecule has 25 heavy (non-hydrogen) atoms. The number of hydrogen-bond donors (Lipinski definition) is 4. The van der Waals surface area contributed by atoms with Crippen LogP contribution in [-0.2, 0) is 9.53 Å². The second-order valence-corrected chi connectivity index (χ2v) is 5.74. The number of rotatable bonds is 4. The average Bonchev–Trinajstić information content (AvgIpc) is 2.63. The van der Waals surface area contributed by atoms with Crippen LogP contribution in [-0.4, -0.2) is 57.1 Å². The van der Waals surface area contributed by atoms with Gasteiger partial charge in [-0.25, -0.2) is 4.79 Å². The average molecular weight is 346 g/mol. The van der Waals surface area contributed by atoms with Crippen molar-refractivity contribution in [1.82, 2.24) is 0 Å². The van der Waals surface area contributed by atoms with E-state index in [1.165, 1.54) is 0 Å². The van der Waals surface area contributed by atoms with Crippen molar-refractivity contribution < 1.29 is 34.7 Å². The molecule has 5 atom stereocenters. The second kappa shape index (κ2) is 7.20. The topological polar surface area (TPSA) is 116 Å². The number of carboxylic acids is 1. The molecule has 1 aliphatic rings. The van der Waals surface area contributed by atoms with Crippen molar-refractivity contribution in [2.45, 2.75) is 30.7 Å². The smallest absolute Gasteiger partial charge is 0.335 e. The summed E-state index contributed by atoms with van der Waals surface area (Å²) in [5.74, 6) is -1.12. The molecule has 0 spiro atoms. The number of carboxylic acid groups (broad SMARTS) is 1. The van der Waals surface area contributed by atoms with Gasteiger partial charge in [0.05, 0.1) is 0 Å². The van der Waals surface area contributed by atoms with Crippen molar-refractivity contribution in [2.75, 3.05) is 0 Å². The normalized spacial score (nSPS) is 29.2. The van der Waals surface area contributed by atoms with E-state index in [-0.39, 0.29) is 0 Å². The quantitative estimate of drug-likeness (QED) is 0.641. The number of aliphatic hydroxyl groups is 3. The lowest BCUT2D eigenvalue weighted by Gasteiger charge is -2.38. The van der Waals surface area contributed by atoms with Crippen LogP contribution in [0.2, 0.25) is 0 Å². The zero-order valence-corrected chi connectivity index (χ0v) is 13.1. The van der Waals surface area contributed by atoms with Crippen LogP contribution in [0.25, 0.3) is 11.1 Å². The Morgan fingerprint density at radius 2 is 1.44 bits per heavy atom. The molecule has 2 aromatic rings. The van der Waals surface area contributed by atoms with Gasteiger partial charge < -0.3 is 29.9 Å². The minimum atomic E-state index is -1.74. The van der Waals surface area contributed by atoms with Gasteiger partial charge in [0.25, 0.3) is 0 Å². The Morgan fingerprint density at radius 1 is 0.840 bits per heavy atom. The largest absolute Gasteiger partial charge is 0.479 e. The van der Waals surface area contributed by atoms with E-state index in [1.54, 1.807) is 24.3 Å². The predicted molar refractivity (Wildman–Crippen MR) is 86.8 cm³/mol. The summed E-state index contributed by atoms with van der Waals surface area (Å²) in [5, 5.41) is 38.4. The molecule has 0 radical (unpaired) electrons. The first kappa shape index (κ1) is 17.4. The van der Waals surface area contributed by atoms with Crippen molar-refractivity contribution in [3.8, 4) is 16.9 Å². The van der Waals surface area contributed by atoms with Crippen molar-refractivity contribution in [2.24, 2.45) is 0 Å². The predicted octanol–water partition coefficient (Wildman–Crippen LogP) is 0.625. The van der Waals surface area contributed by atoms with Gasteiger partial charge in [-0.1, -0.05) is 42.5 Å². The lowest BCUT2D eigenvalue weighted by molar-refractivity contribution is -0.271. The Kier molecular flexibility index (Phi) is 5.00. The summed E-state index contributed by atoms with van der Waals surface area (Å²) in [4.78, 5) is 11.1. The number of aliphatic carboxylic acids is 1. The highest BCUT2D eigenvalue weighted by molar-refractivity contribution is 5.73. The van der Waals surface area contributed by atoms with Gasteiger partial charge in [-0.05, 0) is 23.3 Å². The van der Waals surface area contributed by atoms with E-state index in [2.05, 4.69) is 0 Å². The minimum Gasteiger partial charge on any atom is -0.479 e. The Balaban J connectivity index is 1.74. The van der Waals surface area contributed by atoms with Crippen LogP contribution in [0.1, 0.15) is 0 Å². The minimum absolute atomic E-state index is 0.330. The molecule has 132 valence electrons. The first-order valence-electron chi connectivity index (χ1n) is 7.72. The van der Waals surface area contributed by atoms with E-state index < -0.39 is 36.7 Å². The molecule has 3 rings (SSSR count). The fourth-order valence-corrected chi connectivity index (χ4v) is 2.64. The number of benzene rings is 2. The summed E-state index contributed by atoms with van der Waals surface area (Å²) >= 11 is 0. The van der Waals surface area contributed by atoms with Gasteiger partial charge in [0.1, 0.15) is 24.1 Å². The Hall–Kier alpha value is -2.45. The molecule has 1 fully saturated rings. The fourth-order valence-electron chi connectivity index (χ4n) is 2.64. The highest BCUT2D eigenvalue weighted by atomic mass is 16.7. The van der Waals surface area contributed by atoms with E-state index in [9.17, 15) is 20.1 Å². The molecule has 2 aromatic carbocycles. The zero-order chi connectivity index (χ0) is 18.0. The monoisotopic (exact) mass is 346 g/mol. The molecule has 0 saturated carbocycles. The molecule has 1 saturated heterocycles. The van der Waals surface area contributed by atoms with Crippen molar-refractivity contribution in [3.63, 3.8) is 0 Å². The molecular formula is C18H18O7. The zero-order valence-electron chi connectivity index (χ0n) is 13.1. The summed E-state index contributed by atoms with van der Waals surface area (Å²) < 4.78 is 10.5. The Bertz CT molecular complexity index is 716.